The standard InChI is InChI=1S/C20H33N5O/c1-2-21-20(22-10-6-11-24-13-15-26-16-14-24)23-18-9-12-25(17-18)19-7-4-3-5-8-19/h3-5,7-8,18H,2,6,9-17H2,1H3,(H2,21,22,23). The largest absolute Gasteiger partial charge is 0.379 e. The molecule has 1 atom stereocenters. The summed E-state index contributed by atoms with van der Waals surface area (Å²) in [6.07, 6.45) is 2.24. The molecule has 3 rings (SSSR count). The van der Waals surface area contributed by atoms with E-state index in [9.17, 15) is 0 Å². The van der Waals surface area contributed by atoms with E-state index in [1.807, 2.05) is 0 Å². The van der Waals surface area contributed by atoms with Gasteiger partial charge in [-0.2, -0.15) is 0 Å². The summed E-state index contributed by atoms with van der Waals surface area (Å²) in [5.74, 6) is 0.953. The van der Waals surface area contributed by atoms with Crippen LogP contribution in [0.2, 0.25) is 0 Å². The number of para-hydroxylation sites is 1. The Labute approximate surface area is 157 Å². The first kappa shape index (κ1) is 19.0. The molecule has 144 valence electrons. The zero-order valence-corrected chi connectivity index (χ0v) is 16.0. The molecule has 2 aliphatic heterocycles. The number of hydrogen-bond acceptors (Lipinski definition) is 4. The van der Waals surface area contributed by atoms with Crippen LogP contribution in [0.5, 0.6) is 0 Å². The van der Waals surface area contributed by atoms with Gasteiger partial charge in [0.1, 0.15) is 0 Å². The topological polar surface area (TPSA) is 52.1 Å². The van der Waals surface area contributed by atoms with Crippen LogP contribution in [0, 0.1) is 0 Å². The molecule has 0 bridgehead atoms. The molecule has 0 saturated carbocycles. The SMILES string of the molecule is CCNC(=NCCCN1CCOCC1)NC1CCN(c2ccccc2)C1. The number of aliphatic imine (C=N–C) groups is 1. The second-order valence-electron chi connectivity index (χ2n) is 6.98. The lowest BCUT2D eigenvalue weighted by Crippen LogP contribution is -2.44. The molecule has 26 heavy (non-hydrogen) atoms. The fourth-order valence-electron chi connectivity index (χ4n) is 3.57. The van der Waals surface area contributed by atoms with Gasteiger partial charge in [-0.1, -0.05) is 18.2 Å². The summed E-state index contributed by atoms with van der Waals surface area (Å²) in [6, 6.07) is 11.1. The number of nitrogens with zero attached hydrogens (tertiary/aromatic N) is 3. The van der Waals surface area contributed by atoms with Crippen molar-refractivity contribution in [1.29, 1.82) is 0 Å². The molecule has 0 aliphatic carbocycles. The molecule has 1 aromatic carbocycles. The van der Waals surface area contributed by atoms with E-state index >= 15 is 0 Å². The first-order chi connectivity index (χ1) is 12.8. The average molecular weight is 360 g/mol. The zero-order chi connectivity index (χ0) is 18.0. The Hall–Kier alpha value is -1.79. The third-order valence-corrected chi connectivity index (χ3v) is 5.00. The Morgan fingerprint density at radius 3 is 2.77 bits per heavy atom. The molecule has 6 heteroatoms. The van der Waals surface area contributed by atoms with Crippen molar-refractivity contribution < 1.29 is 4.74 Å². The maximum absolute atomic E-state index is 5.40. The molecule has 1 unspecified atom stereocenters. The third kappa shape index (κ3) is 5.88. The van der Waals surface area contributed by atoms with E-state index in [4.69, 9.17) is 9.73 Å². The van der Waals surface area contributed by atoms with Gasteiger partial charge >= 0.3 is 0 Å². The molecule has 2 heterocycles. The van der Waals surface area contributed by atoms with Crippen molar-refractivity contribution in [2.24, 2.45) is 4.99 Å². The number of nitrogens with one attached hydrogen (secondary N) is 2. The Morgan fingerprint density at radius 2 is 2.00 bits per heavy atom. The van der Waals surface area contributed by atoms with Crippen molar-refractivity contribution in [1.82, 2.24) is 15.5 Å². The van der Waals surface area contributed by atoms with Gasteiger partial charge in [-0.15, -0.1) is 0 Å². The van der Waals surface area contributed by atoms with Crippen LogP contribution in [0.15, 0.2) is 35.3 Å². The molecule has 0 aromatic heterocycles. The van der Waals surface area contributed by atoms with Gasteiger partial charge in [0, 0.05) is 57.5 Å². The fourth-order valence-corrected chi connectivity index (χ4v) is 3.57. The van der Waals surface area contributed by atoms with Gasteiger partial charge in [0.15, 0.2) is 5.96 Å². The zero-order valence-electron chi connectivity index (χ0n) is 16.0. The van der Waals surface area contributed by atoms with E-state index in [1.54, 1.807) is 0 Å². The third-order valence-electron chi connectivity index (χ3n) is 5.00. The molecule has 6 nitrogen and oxygen atoms in total. The first-order valence-electron chi connectivity index (χ1n) is 10.00. The molecule has 2 fully saturated rings. The summed E-state index contributed by atoms with van der Waals surface area (Å²) in [5.41, 5.74) is 1.31. The maximum atomic E-state index is 5.40. The van der Waals surface area contributed by atoms with E-state index in [0.717, 1.165) is 77.8 Å². The fraction of sp³-hybridized carbons (Fsp3) is 0.650. The van der Waals surface area contributed by atoms with Crippen molar-refractivity contribution in [2.45, 2.75) is 25.8 Å². The number of morpholine rings is 1. The minimum atomic E-state index is 0.451. The van der Waals surface area contributed by atoms with Crippen molar-refractivity contribution in [2.75, 3.05) is 63.9 Å². The summed E-state index contributed by atoms with van der Waals surface area (Å²) in [7, 11) is 0. The minimum absolute atomic E-state index is 0.451. The quantitative estimate of drug-likeness (QED) is 0.439. The number of hydrogen-bond donors (Lipinski definition) is 2. The molecule has 1 aromatic rings. The van der Waals surface area contributed by atoms with E-state index in [-0.39, 0.29) is 0 Å². The van der Waals surface area contributed by atoms with Gasteiger partial charge in [-0.05, 0) is 31.9 Å². The van der Waals surface area contributed by atoms with Gasteiger partial charge in [-0.25, -0.2) is 0 Å². The number of ether oxygens (including phenoxy) is 1. The van der Waals surface area contributed by atoms with Crippen molar-refractivity contribution in [3.05, 3.63) is 30.3 Å². The second kappa shape index (κ2) is 10.4. The Kier molecular flexibility index (Phi) is 7.58. The lowest BCUT2D eigenvalue weighted by Gasteiger charge is -2.26. The molecular formula is C20H33N5O. The van der Waals surface area contributed by atoms with Gasteiger partial charge in [0.2, 0.25) is 0 Å². The van der Waals surface area contributed by atoms with E-state index in [0.29, 0.717) is 6.04 Å². The van der Waals surface area contributed by atoms with Crippen LogP contribution in [-0.4, -0.2) is 75.9 Å². The van der Waals surface area contributed by atoms with Crippen molar-refractivity contribution in [3.63, 3.8) is 0 Å². The number of rotatable bonds is 7. The normalized spacial score (nSPS) is 21.8. The van der Waals surface area contributed by atoms with Crippen molar-refractivity contribution in [3.8, 4) is 0 Å². The highest BCUT2D eigenvalue weighted by atomic mass is 16.5. The molecule has 0 spiro atoms. The van der Waals surface area contributed by atoms with Gasteiger partial charge in [-0.3, -0.25) is 9.89 Å². The maximum Gasteiger partial charge on any atom is 0.191 e. The molecule has 0 radical (unpaired) electrons. The summed E-state index contributed by atoms with van der Waals surface area (Å²) in [6.45, 7) is 11.0. The second-order valence-corrected chi connectivity index (χ2v) is 6.98. The molecule has 2 saturated heterocycles. The highest BCUT2D eigenvalue weighted by Gasteiger charge is 2.23. The summed E-state index contributed by atoms with van der Waals surface area (Å²) >= 11 is 0. The number of benzene rings is 1. The van der Waals surface area contributed by atoms with Crippen LogP contribution < -0.4 is 15.5 Å². The van der Waals surface area contributed by atoms with Gasteiger partial charge < -0.3 is 20.3 Å². The average Bonchev–Trinajstić information content (AvgIpc) is 3.15. The van der Waals surface area contributed by atoms with Gasteiger partial charge in [0.25, 0.3) is 0 Å². The Morgan fingerprint density at radius 1 is 1.19 bits per heavy atom. The summed E-state index contributed by atoms with van der Waals surface area (Å²) in [5, 5.41) is 7.01. The Balaban J connectivity index is 1.42. The van der Waals surface area contributed by atoms with Crippen LogP contribution >= 0.6 is 0 Å². The number of anilines is 1. The predicted molar refractivity (Wildman–Crippen MR) is 108 cm³/mol. The summed E-state index contributed by atoms with van der Waals surface area (Å²) in [4.78, 5) is 9.69. The Bertz CT molecular complexity index is 544. The molecular weight excluding hydrogens is 326 g/mol. The van der Waals surface area contributed by atoms with Gasteiger partial charge in [0.05, 0.1) is 13.2 Å². The van der Waals surface area contributed by atoms with E-state index in [2.05, 4.69) is 57.7 Å². The van der Waals surface area contributed by atoms with Crippen molar-refractivity contribution >= 4 is 11.6 Å². The lowest BCUT2D eigenvalue weighted by molar-refractivity contribution is 0.0377. The monoisotopic (exact) mass is 359 g/mol. The van der Waals surface area contributed by atoms with Crippen LogP contribution in [0.25, 0.3) is 0 Å². The highest BCUT2D eigenvalue weighted by Crippen LogP contribution is 2.19. The van der Waals surface area contributed by atoms with Crippen LogP contribution in [0.4, 0.5) is 5.69 Å². The van der Waals surface area contributed by atoms with E-state index in [1.165, 1.54) is 5.69 Å². The predicted octanol–water partition coefficient (Wildman–Crippen LogP) is 1.54. The minimum Gasteiger partial charge on any atom is -0.379 e. The first-order valence-corrected chi connectivity index (χ1v) is 10.00. The van der Waals surface area contributed by atoms with E-state index < -0.39 is 0 Å². The lowest BCUT2D eigenvalue weighted by atomic mass is 10.2. The molecule has 2 N–H and O–H groups in total. The van der Waals surface area contributed by atoms with Crippen LogP contribution in [0.1, 0.15) is 19.8 Å². The summed E-state index contributed by atoms with van der Waals surface area (Å²) < 4.78 is 5.40. The highest BCUT2D eigenvalue weighted by molar-refractivity contribution is 5.80. The number of guanidine groups is 1. The molecule has 0 amide bonds. The van der Waals surface area contributed by atoms with Crippen LogP contribution in [0.3, 0.4) is 0 Å². The van der Waals surface area contributed by atoms with Crippen LogP contribution in [-0.2, 0) is 4.74 Å². The smallest absolute Gasteiger partial charge is 0.191 e. The molecule has 2 aliphatic rings.